The van der Waals surface area contributed by atoms with Gasteiger partial charge in [0.2, 0.25) is 5.91 Å². The van der Waals surface area contributed by atoms with Crippen LogP contribution in [0.15, 0.2) is 6.07 Å². The summed E-state index contributed by atoms with van der Waals surface area (Å²) in [6, 6.07) is 0.107. The summed E-state index contributed by atoms with van der Waals surface area (Å²) in [6.45, 7) is 2.48. The predicted molar refractivity (Wildman–Crippen MR) is 69.8 cm³/mol. The SMILES string of the molecule is CCCC1(C(=O)Nc2c(F)c(F)cc(F)c2F)CCCN1. The Labute approximate surface area is 119 Å². The third-order valence-corrected chi connectivity index (χ3v) is 3.71. The zero-order valence-electron chi connectivity index (χ0n) is 11.5. The van der Waals surface area contributed by atoms with E-state index in [0.29, 0.717) is 25.8 Å². The Balaban J connectivity index is 2.31. The molecule has 1 aliphatic rings. The van der Waals surface area contributed by atoms with Gasteiger partial charge in [0.1, 0.15) is 5.69 Å². The largest absolute Gasteiger partial charge is 0.319 e. The summed E-state index contributed by atoms with van der Waals surface area (Å²) in [6.07, 6.45) is 2.41. The van der Waals surface area contributed by atoms with Crippen LogP contribution in [-0.2, 0) is 4.79 Å². The van der Waals surface area contributed by atoms with Crippen LogP contribution in [0.3, 0.4) is 0 Å². The fraction of sp³-hybridized carbons (Fsp3) is 0.500. The number of halogens is 4. The molecule has 1 amide bonds. The maximum atomic E-state index is 13.6. The summed E-state index contributed by atoms with van der Waals surface area (Å²) in [4.78, 5) is 12.3. The highest BCUT2D eigenvalue weighted by atomic mass is 19.2. The number of benzene rings is 1. The summed E-state index contributed by atoms with van der Waals surface area (Å²) in [5.41, 5.74) is -2.03. The molecule has 1 saturated heterocycles. The molecule has 0 saturated carbocycles. The molecular weight excluding hydrogens is 288 g/mol. The van der Waals surface area contributed by atoms with E-state index in [1.807, 2.05) is 12.2 Å². The van der Waals surface area contributed by atoms with Gasteiger partial charge in [-0.05, 0) is 25.8 Å². The fourth-order valence-electron chi connectivity index (χ4n) is 2.67. The molecular formula is C14H16F4N2O. The minimum Gasteiger partial charge on any atom is -0.319 e. The average Bonchev–Trinajstić information content (AvgIpc) is 2.91. The standard InChI is InChI=1S/C14H16F4N2O/c1-2-4-14(5-3-6-19-14)13(21)20-12-10(17)8(15)7-9(16)11(12)18/h7,19H,2-6H2,1H3,(H,20,21). The Morgan fingerprint density at radius 2 is 1.90 bits per heavy atom. The van der Waals surface area contributed by atoms with E-state index in [9.17, 15) is 22.4 Å². The van der Waals surface area contributed by atoms with Crippen LogP contribution < -0.4 is 10.6 Å². The van der Waals surface area contributed by atoms with E-state index in [1.54, 1.807) is 0 Å². The normalized spacial score (nSPS) is 21.6. The van der Waals surface area contributed by atoms with Gasteiger partial charge in [-0.2, -0.15) is 0 Å². The fourth-order valence-corrected chi connectivity index (χ4v) is 2.67. The first-order chi connectivity index (χ1) is 9.91. The van der Waals surface area contributed by atoms with Crippen LogP contribution in [0.2, 0.25) is 0 Å². The van der Waals surface area contributed by atoms with Crippen LogP contribution in [-0.4, -0.2) is 18.0 Å². The van der Waals surface area contributed by atoms with Crippen LogP contribution in [0.1, 0.15) is 32.6 Å². The van der Waals surface area contributed by atoms with E-state index >= 15 is 0 Å². The molecule has 0 bridgehead atoms. The number of amides is 1. The van der Waals surface area contributed by atoms with E-state index in [2.05, 4.69) is 5.32 Å². The molecule has 3 nitrogen and oxygen atoms in total. The number of carbonyl (C=O) groups is 1. The lowest BCUT2D eigenvalue weighted by Gasteiger charge is -2.28. The molecule has 1 heterocycles. The number of carbonyl (C=O) groups excluding carboxylic acids is 1. The maximum Gasteiger partial charge on any atom is 0.244 e. The second kappa shape index (κ2) is 6.01. The molecule has 1 aromatic carbocycles. The second-order valence-electron chi connectivity index (χ2n) is 5.16. The molecule has 1 atom stereocenters. The number of nitrogens with one attached hydrogen (secondary N) is 2. The van der Waals surface area contributed by atoms with Crippen molar-refractivity contribution in [1.82, 2.24) is 5.32 Å². The third kappa shape index (κ3) is 2.88. The summed E-state index contributed by atoms with van der Waals surface area (Å²) in [5, 5.41) is 5.01. The monoisotopic (exact) mass is 304 g/mol. The average molecular weight is 304 g/mol. The van der Waals surface area contributed by atoms with Crippen molar-refractivity contribution in [3.05, 3.63) is 29.3 Å². The van der Waals surface area contributed by atoms with Crippen LogP contribution in [0.5, 0.6) is 0 Å². The molecule has 0 aromatic heterocycles. The highest BCUT2D eigenvalue weighted by Crippen LogP contribution is 2.29. The lowest BCUT2D eigenvalue weighted by atomic mass is 9.90. The zero-order chi connectivity index (χ0) is 15.6. The molecule has 7 heteroatoms. The first-order valence-electron chi connectivity index (χ1n) is 6.81. The Hall–Kier alpha value is -1.63. The number of hydrogen-bond acceptors (Lipinski definition) is 2. The molecule has 21 heavy (non-hydrogen) atoms. The molecule has 1 unspecified atom stereocenters. The molecule has 1 aromatic rings. The predicted octanol–water partition coefficient (Wildman–Crippen LogP) is 3.10. The lowest BCUT2D eigenvalue weighted by Crippen LogP contribution is -2.50. The highest BCUT2D eigenvalue weighted by Gasteiger charge is 2.40. The molecule has 0 radical (unpaired) electrons. The van der Waals surface area contributed by atoms with Crippen molar-refractivity contribution in [3.63, 3.8) is 0 Å². The number of hydrogen-bond donors (Lipinski definition) is 2. The van der Waals surface area contributed by atoms with Gasteiger partial charge < -0.3 is 10.6 Å². The molecule has 1 aliphatic heterocycles. The molecule has 0 aliphatic carbocycles. The summed E-state index contributed by atoms with van der Waals surface area (Å²) in [5.74, 6) is -6.98. The van der Waals surface area contributed by atoms with Crippen molar-refractivity contribution in [2.24, 2.45) is 0 Å². The van der Waals surface area contributed by atoms with E-state index in [0.717, 1.165) is 6.42 Å². The summed E-state index contributed by atoms with van der Waals surface area (Å²) < 4.78 is 53.5. The third-order valence-electron chi connectivity index (χ3n) is 3.71. The van der Waals surface area contributed by atoms with Crippen molar-refractivity contribution in [2.45, 2.75) is 38.1 Å². The van der Waals surface area contributed by atoms with Gasteiger partial charge in [0.15, 0.2) is 23.3 Å². The quantitative estimate of drug-likeness (QED) is 0.663. The van der Waals surface area contributed by atoms with Gasteiger partial charge >= 0.3 is 0 Å². The Kier molecular flexibility index (Phi) is 4.51. The highest BCUT2D eigenvalue weighted by molar-refractivity contribution is 5.98. The van der Waals surface area contributed by atoms with Crippen molar-refractivity contribution in [2.75, 3.05) is 11.9 Å². The van der Waals surface area contributed by atoms with Gasteiger partial charge in [0.05, 0.1) is 5.54 Å². The number of anilines is 1. The first-order valence-corrected chi connectivity index (χ1v) is 6.81. The van der Waals surface area contributed by atoms with Crippen molar-refractivity contribution >= 4 is 11.6 Å². The Morgan fingerprint density at radius 3 is 2.38 bits per heavy atom. The molecule has 0 spiro atoms. The topological polar surface area (TPSA) is 41.1 Å². The van der Waals surface area contributed by atoms with Gasteiger partial charge in [-0.25, -0.2) is 17.6 Å². The van der Waals surface area contributed by atoms with E-state index in [4.69, 9.17) is 0 Å². The van der Waals surface area contributed by atoms with Gasteiger partial charge in [-0.3, -0.25) is 4.79 Å². The Bertz CT molecular complexity index is 530. The maximum absolute atomic E-state index is 13.6. The van der Waals surface area contributed by atoms with Crippen molar-refractivity contribution in [1.29, 1.82) is 0 Å². The van der Waals surface area contributed by atoms with Gasteiger partial charge in [-0.15, -0.1) is 0 Å². The van der Waals surface area contributed by atoms with Crippen LogP contribution >= 0.6 is 0 Å². The zero-order valence-corrected chi connectivity index (χ0v) is 11.5. The minimum absolute atomic E-state index is 0.107. The van der Waals surface area contributed by atoms with E-state index in [1.165, 1.54) is 0 Å². The number of rotatable bonds is 4. The van der Waals surface area contributed by atoms with Gasteiger partial charge in [0, 0.05) is 6.07 Å². The minimum atomic E-state index is -1.60. The lowest BCUT2D eigenvalue weighted by molar-refractivity contribution is -0.122. The molecule has 2 rings (SSSR count). The van der Waals surface area contributed by atoms with Gasteiger partial charge in [0.25, 0.3) is 0 Å². The summed E-state index contributed by atoms with van der Waals surface area (Å²) in [7, 11) is 0. The molecule has 1 fully saturated rings. The van der Waals surface area contributed by atoms with E-state index in [-0.39, 0.29) is 6.07 Å². The van der Waals surface area contributed by atoms with Crippen LogP contribution in [0.4, 0.5) is 23.2 Å². The second-order valence-corrected chi connectivity index (χ2v) is 5.16. The Morgan fingerprint density at radius 1 is 1.29 bits per heavy atom. The molecule has 2 N–H and O–H groups in total. The van der Waals surface area contributed by atoms with Gasteiger partial charge in [-0.1, -0.05) is 13.3 Å². The van der Waals surface area contributed by atoms with Crippen molar-refractivity contribution in [3.8, 4) is 0 Å². The first kappa shape index (κ1) is 15.8. The van der Waals surface area contributed by atoms with Crippen LogP contribution in [0.25, 0.3) is 0 Å². The smallest absolute Gasteiger partial charge is 0.244 e. The van der Waals surface area contributed by atoms with E-state index < -0.39 is 40.4 Å². The molecule has 116 valence electrons. The summed E-state index contributed by atoms with van der Waals surface area (Å²) >= 11 is 0. The van der Waals surface area contributed by atoms with Crippen molar-refractivity contribution < 1.29 is 22.4 Å². The van der Waals surface area contributed by atoms with Crippen LogP contribution in [0, 0.1) is 23.3 Å².